The average Bonchev–Trinajstić information content (AvgIpc) is 3.25. The lowest BCUT2D eigenvalue weighted by atomic mass is 10.0. The highest BCUT2D eigenvalue weighted by Gasteiger charge is 2.35. The van der Waals surface area contributed by atoms with Crippen LogP contribution < -0.4 is 0 Å². The fourth-order valence-corrected chi connectivity index (χ4v) is 3.37. The van der Waals surface area contributed by atoms with Crippen LogP contribution in [0.4, 0.5) is 0 Å². The molecule has 3 heterocycles. The Bertz CT molecular complexity index is 638. The van der Waals surface area contributed by atoms with Crippen LogP contribution in [0.2, 0.25) is 0 Å². The molecule has 0 spiro atoms. The summed E-state index contributed by atoms with van der Waals surface area (Å²) in [5.74, 6) is 1.09. The molecule has 7 nitrogen and oxygen atoms in total. The van der Waals surface area contributed by atoms with Crippen molar-refractivity contribution in [3.05, 3.63) is 36.2 Å². The second-order valence-corrected chi connectivity index (χ2v) is 6.41. The molecule has 7 heteroatoms. The van der Waals surface area contributed by atoms with Crippen molar-refractivity contribution in [2.45, 2.75) is 31.5 Å². The Labute approximate surface area is 143 Å². The summed E-state index contributed by atoms with van der Waals surface area (Å²) in [7, 11) is 5.70. The van der Waals surface area contributed by atoms with Crippen molar-refractivity contribution in [1.29, 1.82) is 0 Å². The summed E-state index contributed by atoms with van der Waals surface area (Å²) >= 11 is 0. The monoisotopic (exact) mass is 333 g/mol. The Hall–Kier alpha value is -1.70. The number of hydrogen-bond donors (Lipinski definition) is 0. The standard InChI is InChI=1S/C17H27N5O2/c1-20-7-5-18-17(20)13-22-6-4-16(24-9-8-23-3)15(22)10-14-11-19-21(2)12-14/h5,7,11-12,15-16H,4,6,8-10,13H2,1-3H3/t15-,16-/m0/s1. The Morgan fingerprint density at radius 1 is 1.29 bits per heavy atom. The van der Waals surface area contributed by atoms with E-state index < -0.39 is 0 Å². The first kappa shape index (κ1) is 17.1. The molecule has 0 saturated carbocycles. The third-order valence-corrected chi connectivity index (χ3v) is 4.69. The van der Waals surface area contributed by atoms with Crippen molar-refractivity contribution in [2.75, 3.05) is 26.9 Å². The van der Waals surface area contributed by atoms with Gasteiger partial charge in [0.25, 0.3) is 0 Å². The summed E-state index contributed by atoms with van der Waals surface area (Å²) in [6, 6.07) is 0.336. The van der Waals surface area contributed by atoms with Gasteiger partial charge in [-0.05, 0) is 18.4 Å². The van der Waals surface area contributed by atoms with Gasteiger partial charge >= 0.3 is 0 Å². The summed E-state index contributed by atoms with van der Waals surface area (Å²) < 4.78 is 15.2. The van der Waals surface area contributed by atoms with E-state index in [1.54, 1.807) is 7.11 Å². The molecule has 1 aliphatic heterocycles. The molecule has 132 valence electrons. The lowest BCUT2D eigenvalue weighted by molar-refractivity contribution is -0.00163. The Morgan fingerprint density at radius 2 is 2.17 bits per heavy atom. The van der Waals surface area contributed by atoms with Crippen LogP contribution >= 0.6 is 0 Å². The minimum atomic E-state index is 0.223. The lowest BCUT2D eigenvalue weighted by Crippen LogP contribution is -2.38. The molecule has 0 aromatic carbocycles. The third kappa shape index (κ3) is 4.03. The van der Waals surface area contributed by atoms with Gasteiger partial charge in [0.05, 0.1) is 32.1 Å². The number of aryl methyl sites for hydroxylation is 2. The van der Waals surface area contributed by atoms with Crippen LogP contribution in [0.1, 0.15) is 17.8 Å². The number of aromatic nitrogens is 4. The van der Waals surface area contributed by atoms with Gasteiger partial charge in [-0.1, -0.05) is 0 Å². The van der Waals surface area contributed by atoms with Gasteiger partial charge in [0.1, 0.15) is 5.82 Å². The van der Waals surface area contributed by atoms with Crippen molar-refractivity contribution in [2.24, 2.45) is 14.1 Å². The first-order chi connectivity index (χ1) is 11.7. The summed E-state index contributed by atoms with van der Waals surface area (Å²) in [4.78, 5) is 6.95. The van der Waals surface area contributed by atoms with Gasteiger partial charge in [-0.2, -0.15) is 5.10 Å². The van der Waals surface area contributed by atoms with Crippen LogP contribution in [0.3, 0.4) is 0 Å². The summed E-state index contributed by atoms with van der Waals surface area (Å²) in [5, 5.41) is 4.29. The molecule has 0 radical (unpaired) electrons. The molecule has 2 atom stereocenters. The van der Waals surface area contributed by atoms with E-state index in [1.165, 1.54) is 5.56 Å². The minimum absolute atomic E-state index is 0.223. The molecular weight excluding hydrogens is 306 g/mol. The van der Waals surface area contributed by atoms with Crippen LogP contribution in [-0.4, -0.2) is 63.2 Å². The number of ether oxygens (including phenoxy) is 2. The summed E-state index contributed by atoms with van der Waals surface area (Å²) in [6.07, 6.45) is 10.1. The maximum absolute atomic E-state index is 6.09. The van der Waals surface area contributed by atoms with Gasteiger partial charge in [0.2, 0.25) is 0 Å². The molecule has 1 fully saturated rings. The lowest BCUT2D eigenvalue weighted by Gasteiger charge is -2.27. The first-order valence-electron chi connectivity index (χ1n) is 8.45. The van der Waals surface area contributed by atoms with Crippen LogP contribution in [0.5, 0.6) is 0 Å². The smallest absolute Gasteiger partial charge is 0.122 e. The van der Waals surface area contributed by atoms with Crippen molar-refractivity contribution in [3.8, 4) is 0 Å². The predicted molar refractivity (Wildman–Crippen MR) is 90.6 cm³/mol. The molecule has 0 bridgehead atoms. The first-order valence-corrected chi connectivity index (χ1v) is 8.45. The van der Waals surface area contributed by atoms with Gasteiger partial charge < -0.3 is 14.0 Å². The van der Waals surface area contributed by atoms with Gasteiger partial charge in [-0.3, -0.25) is 9.58 Å². The van der Waals surface area contributed by atoms with E-state index in [4.69, 9.17) is 9.47 Å². The fourth-order valence-electron chi connectivity index (χ4n) is 3.37. The van der Waals surface area contributed by atoms with Crippen molar-refractivity contribution < 1.29 is 9.47 Å². The normalized spacial score (nSPS) is 21.6. The molecule has 1 saturated heterocycles. The highest BCUT2D eigenvalue weighted by Crippen LogP contribution is 2.26. The fraction of sp³-hybridized carbons (Fsp3) is 0.647. The van der Waals surface area contributed by atoms with Gasteiger partial charge in [-0.25, -0.2) is 4.98 Å². The van der Waals surface area contributed by atoms with Crippen molar-refractivity contribution in [1.82, 2.24) is 24.2 Å². The third-order valence-electron chi connectivity index (χ3n) is 4.69. The van der Waals surface area contributed by atoms with Crippen LogP contribution in [-0.2, 0) is 36.5 Å². The largest absolute Gasteiger partial charge is 0.382 e. The van der Waals surface area contributed by atoms with Gasteiger partial charge in [0, 0.05) is 52.4 Å². The SMILES string of the molecule is COCCO[C@H]1CCN(Cc2nccn2C)[C@H]1Cc1cnn(C)c1. The van der Waals surface area contributed by atoms with Crippen LogP contribution in [0.15, 0.2) is 24.8 Å². The molecule has 0 unspecified atom stereocenters. The molecule has 2 aromatic heterocycles. The Kier molecular flexibility index (Phi) is 5.65. The van der Waals surface area contributed by atoms with Gasteiger partial charge in [0.15, 0.2) is 0 Å². The molecule has 0 amide bonds. The van der Waals surface area contributed by atoms with E-state index in [0.29, 0.717) is 19.3 Å². The maximum atomic E-state index is 6.09. The van der Waals surface area contributed by atoms with Gasteiger partial charge in [-0.15, -0.1) is 0 Å². The zero-order valence-corrected chi connectivity index (χ0v) is 14.8. The second-order valence-electron chi connectivity index (χ2n) is 6.41. The van der Waals surface area contributed by atoms with E-state index >= 15 is 0 Å². The molecule has 3 rings (SSSR count). The van der Waals surface area contributed by atoms with E-state index in [0.717, 1.165) is 31.8 Å². The average molecular weight is 333 g/mol. The number of hydrogen-bond acceptors (Lipinski definition) is 5. The maximum Gasteiger partial charge on any atom is 0.122 e. The molecular formula is C17H27N5O2. The van der Waals surface area contributed by atoms with E-state index in [-0.39, 0.29) is 6.10 Å². The van der Waals surface area contributed by atoms with E-state index in [2.05, 4.69) is 25.7 Å². The predicted octanol–water partition coefficient (Wildman–Crippen LogP) is 1.00. The van der Waals surface area contributed by atoms with E-state index in [9.17, 15) is 0 Å². The topological polar surface area (TPSA) is 57.3 Å². The number of imidazole rings is 1. The van der Waals surface area contributed by atoms with Crippen molar-refractivity contribution in [3.63, 3.8) is 0 Å². The van der Waals surface area contributed by atoms with E-state index in [1.807, 2.05) is 37.4 Å². The zero-order chi connectivity index (χ0) is 16.9. The highest BCUT2D eigenvalue weighted by atomic mass is 16.5. The molecule has 2 aromatic rings. The van der Waals surface area contributed by atoms with Crippen molar-refractivity contribution >= 4 is 0 Å². The summed E-state index contributed by atoms with van der Waals surface area (Å²) in [6.45, 7) is 3.14. The number of nitrogens with zero attached hydrogens (tertiary/aromatic N) is 5. The van der Waals surface area contributed by atoms with Crippen LogP contribution in [0.25, 0.3) is 0 Å². The Morgan fingerprint density at radius 3 is 2.83 bits per heavy atom. The van der Waals surface area contributed by atoms with Crippen LogP contribution in [0, 0.1) is 0 Å². The summed E-state index contributed by atoms with van der Waals surface area (Å²) in [5.41, 5.74) is 1.24. The number of likely N-dealkylation sites (tertiary alicyclic amines) is 1. The molecule has 1 aliphatic rings. The molecule has 0 N–H and O–H groups in total. The number of rotatable bonds is 8. The minimum Gasteiger partial charge on any atom is -0.382 e. The zero-order valence-electron chi connectivity index (χ0n) is 14.8. The quantitative estimate of drug-likeness (QED) is 0.675. The molecule has 0 aliphatic carbocycles. The highest BCUT2D eigenvalue weighted by molar-refractivity contribution is 5.09. The number of methoxy groups -OCH3 is 1. The molecule has 24 heavy (non-hydrogen) atoms. The second kappa shape index (κ2) is 7.92. The Balaban J connectivity index is 1.70.